The lowest BCUT2D eigenvalue weighted by molar-refractivity contribution is -0.113. The number of nitrogens with one attached hydrogen (secondary N) is 1. The topological polar surface area (TPSA) is 55.4 Å². The van der Waals surface area contributed by atoms with E-state index in [1.807, 2.05) is 6.92 Å². The number of anilines is 1. The zero-order valence-electron chi connectivity index (χ0n) is 16.1. The summed E-state index contributed by atoms with van der Waals surface area (Å²) < 4.78 is 4.73. The third-order valence-electron chi connectivity index (χ3n) is 4.58. The highest BCUT2D eigenvalue weighted by atomic mass is 32.2. The van der Waals surface area contributed by atoms with E-state index in [1.54, 1.807) is 30.0 Å². The number of rotatable bonds is 5. The number of hydrogen-bond donors (Lipinski definition) is 1. The lowest BCUT2D eigenvalue weighted by Gasteiger charge is -2.15. The molecule has 0 unspecified atom stereocenters. The van der Waals surface area contributed by atoms with Gasteiger partial charge in [0.15, 0.2) is 0 Å². The van der Waals surface area contributed by atoms with Crippen LogP contribution >= 0.6 is 11.8 Å². The monoisotopic (exact) mass is 371 g/mol. The van der Waals surface area contributed by atoms with Crippen molar-refractivity contribution in [3.63, 3.8) is 0 Å². The van der Waals surface area contributed by atoms with Crippen LogP contribution in [0.5, 0.6) is 0 Å². The van der Waals surface area contributed by atoms with Gasteiger partial charge in [0, 0.05) is 10.6 Å². The van der Waals surface area contributed by atoms with Crippen LogP contribution in [0.1, 0.15) is 38.2 Å². The van der Waals surface area contributed by atoms with Crippen molar-refractivity contribution in [2.45, 2.75) is 39.5 Å². The van der Waals surface area contributed by atoms with Gasteiger partial charge >= 0.3 is 5.97 Å². The third-order valence-corrected chi connectivity index (χ3v) is 5.89. The van der Waals surface area contributed by atoms with Crippen molar-refractivity contribution in [2.75, 3.05) is 18.2 Å². The lowest BCUT2D eigenvalue weighted by atomic mass is 10.0. The summed E-state index contributed by atoms with van der Waals surface area (Å²) in [6, 6.07) is 7.31. The van der Waals surface area contributed by atoms with Crippen LogP contribution in [-0.2, 0) is 9.53 Å². The molecule has 1 amide bonds. The number of thioether (sulfide) groups is 1. The maximum atomic E-state index is 12.4. The molecule has 0 radical (unpaired) electrons. The summed E-state index contributed by atoms with van der Waals surface area (Å²) in [7, 11) is 1.34. The molecule has 1 N–H and O–H groups in total. The molecule has 4 nitrogen and oxygen atoms in total. The Morgan fingerprint density at radius 2 is 1.58 bits per heavy atom. The molecule has 26 heavy (non-hydrogen) atoms. The van der Waals surface area contributed by atoms with E-state index in [9.17, 15) is 9.59 Å². The smallest absolute Gasteiger partial charge is 0.337 e. The van der Waals surface area contributed by atoms with Gasteiger partial charge < -0.3 is 10.1 Å². The zero-order valence-corrected chi connectivity index (χ0v) is 17.0. The molecule has 0 saturated heterocycles. The Balaban J connectivity index is 2.12. The van der Waals surface area contributed by atoms with E-state index in [0.29, 0.717) is 17.0 Å². The highest BCUT2D eigenvalue weighted by Crippen LogP contribution is 2.31. The summed E-state index contributed by atoms with van der Waals surface area (Å²) in [5.41, 5.74) is 6.85. The molecule has 0 aliphatic carbocycles. The van der Waals surface area contributed by atoms with Crippen LogP contribution in [-0.4, -0.2) is 24.7 Å². The van der Waals surface area contributed by atoms with Crippen molar-refractivity contribution in [1.82, 2.24) is 0 Å². The number of esters is 1. The van der Waals surface area contributed by atoms with Crippen LogP contribution < -0.4 is 5.32 Å². The highest BCUT2D eigenvalue weighted by molar-refractivity contribution is 8.00. The van der Waals surface area contributed by atoms with Crippen molar-refractivity contribution in [3.05, 3.63) is 57.6 Å². The molecule has 0 fully saturated rings. The zero-order chi connectivity index (χ0) is 19.4. The fourth-order valence-corrected chi connectivity index (χ4v) is 3.83. The minimum atomic E-state index is -0.420. The fraction of sp³-hybridized carbons (Fsp3) is 0.333. The maximum Gasteiger partial charge on any atom is 0.337 e. The average molecular weight is 372 g/mol. The van der Waals surface area contributed by atoms with Gasteiger partial charge in [0.05, 0.1) is 18.4 Å². The van der Waals surface area contributed by atoms with Gasteiger partial charge in [0.25, 0.3) is 0 Å². The van der Waals surface area contributed by atoms with Crippen molar-refractivity contribution in [1.29, 1.82) is 0 Å². The molecule has 0 heterocycles. The first-order valence-electron chi connectivity index (χ1n) is 8.43. The van der Waals surface area contributed by atoms with Gasteiger partial charge in [-0.05, 0) is 74.6 Å². The minimum Gasteiger partial charge on any atom is -0.465 e. The second-order valence-electron chi connectivity index (χ2n) is 6.45. The first-order chi connectivity index (χ1) is 12.2. The predicted octanol–water partition coefficient (Wildman–Crippen LogP) is 4.75. The summed E-state index contributed by atoms with van der Waals surface area (Å²) in [5.74, 6) is -0.207. The van der Waals surface area contributed by atoms with Gasteiger partial charge in [-0.15, -0.1) is 11.8 Å². The Kier molecular flexibility index (Phi) is 6.48. The van der Waals surface area contributed by atoms with Crippen LogP contribution in [0.3, 0.4) is 0 Å². The summed E-state index contributed by atoms with van der Waals surface area (Å²) in [4.78, 5) is 25.3. The molecule has 138 valence electrons. The SMILES string of the molecule is COC(=O)c1ccc(C)c(NC(=O)CSc2c(C)c(C)cc(C)c2C)c1. The molecule has 0 spiro atoms. The summed E-state index contributed by atoms with van der Waals surface area (Å²) in [5, 5.41) is 2.90. The van der Waals surface area contributed by atoms with Gasteiger partial charge in [0.2, 0.25) is 5.91 Å². The molecule has 0 saturated carbocycles. The second-order valence-corrected chi connectivity index (χ2v) is 7.43. The van der Waals surface area contributed by atoms with Gasteiger partial charge in [0.1, 0.15) is 0 Å². The summed E-state index contributed by atoms with van der Waals surface area (Å²) in [6.07, 6.45) is 0. The van der Waals surface area contributed by atoms with Gasteiger partial charge in [-0.3, -0.25) is 4.79 Å². The van der Waals surface area contributed by atoms with Crippen LogP contribution in [0.4, 0.5) is 5.69 Å². The molecule has 2 rings (SSSR count). The number of carbonyl (C=O) groups excluding carboxylic acids is 2. The Hall–Kier alpha value is -2.27. The van der Waals surface area contributed by atoms with E-state index in [4.69, 9.17) is 4.74 Å². The largest absolute Gasteiger partial charge is 0.465 e. The summed E-state index contributed by atoms with van der Waals surface area (Å²) in [6.45, 7) is 10.3. The van der Waals surface area contributed by atoms with E-state index in [0.717, 1.165) is 10.5 Å². The van der Waals surface area contributed by atoms with E-state index >= 15 is 0 Å². The Bertz CT molecular complexity index is 833. The van der Waals surface area contributed by atoms with E-state index in [2.05, 4.69) is 39.1 Å². The standard InChI is InChI=1S/C21H25NO3S/c1-12-7-8-17(21(24)25-6)10-18(12)22-19(23)11-26-20-15(4)13(2)9-14(3)16(20)5/h7-10H,11H2,1-6H3,(H,22,23). The molecule has 0 bridgehead atoms. The Morgan fingerprint density at radius 3 is 2.15 bits per heavy atom. The molecular formula is C21H25NO3S. The molecule has 5 heteroatoms. The van der Waals surface area contributed by atoms with Gasteiger partial charge in [-0.1, -0.05) is 12.1 Å². The Morgan fingerprint density at radius 1 is 0.962 bits per heavy atom. The van der Waals surface area contributed by atoms with Crippen LogP contribution in [0, 0.1) is 34.6 Å². The highest BCUT2D eigenvalue weighted by Gasteiger charge is 2.13. The van der Waals surface area contributed by atoms with E-state index in [-0.39, 0.29) is 5.91 Å². The van der Waals surface area contributed by atoms with Crippen molar-refractivity contribution in [2.24, 2.45) is 0 Å². The molecule has 2 aromatic rings. The van der Waals surface area contributed by atoms with Crippen molar-refractivity contribution < 1.29 is 14.3 Å². The van der Waals surface area contributed by atoms with E-state index < -0.39 is 5.97 Å². The second kappa shape index (κ2) is 8.41. The molecule has 0 aromatic heterocycles. The number of benzene rings is 2. The van der Waals surface area contributed by atoms with Crippen LogP contribution in [0.15, 0.2) is 29.2 Å². The number of carbonyl (C=O) groups is 2. The summed E-state index contributed by atoms with van der Waals surface area (Å²) >= 11 is 1.55. The van der Waals surface area contributed by atoms with Gasteiger partial charge in [-0.25, -0.2) is 4.79 Å². The number of hydrogen-bond acceptors (Lipinski definition) is 4. The fourth-order valence-electron chi connectivity index (χ4n) is 2.72. The molecule has 0 aliphatic heterocycles. The van der Waals surface area contributed by atoms with Gasteiger partial charge in [-0.2, -0.15) is 0 Å². The van der Waals surface area contributed by atoms with Crippen molar-refractivity contribution >= 4 is 29.3 Å². The molecule has 0 atom stereocenters. The predicted molar refractivity (Wildman–Crippen MR) is 107 cm³/mol. The average Bonchev–Trinajstić information content (AvgIpc) is 2.61. The third kappa shape index (κ3) is 4.47. The van der Waals surface area contributed by atoms with E-state index in [1.165, 1.54) is 29.4 Å². The first kappa shape index (κ1) is 20.0. The molecule has 0 aliphatic rings. The number of amides is 1. The minimum absolute atomic E-state index is 0.0990. The normalized spacial score (nSPS) is 10.5. The lowest BCUT2D eigenvalue weighted by Crippen LogP contribution is -2.16. The maximum absolute atomic E-state index is 12.4. The quantitative estimate of drug-likeness (QED) is 0.609. The van der Waals surface area contributed by atoms with Crippen LogP contribution in [0.25, 0.3) is 0 Å². The number of ether oxygens (including phenoxy) is 1. The number of methoxy groups -OCH3 is 1. The number of aryl methyl sites for hydroxylation is 3. The van der Waals surface area contributed by atoms with Crippen molar-refractivity contribution in [3.8, 4) is 0 Å². The first-order valence-corrected chi connectivity index (χ1v) is 9.42. The molecule has 2 aromatic carbocycles. The Labute approximate surface area is 159 Å². The van der Waals surface area contributed by atoms with Crippen LogP contribution in [0.2, 0.25) is 0 Å². The molecular weight excluding hydrogens is 346 g/mol.